The molecule has 0 spiro atoms. The number of nitrogens with zero attached hydrogens (tertiary/aromatic N) is 3. The summed E-state index contributed by atoms with van der Waals surface area (Å²) in [5.41, 5.74) is -0.115. The van der Waals surface area contributed by atoms with Crippen LogP contribution in [0.4, 0.5) is 19.3 Å². The molecule has 1 N–H and O–H groups in total. The summed E-state index contributed by atoms with van der Waals surface area (Å²) >= 11 is 0. The minimum absolute atomic E-state index is 0.0258. The zero-order chi connectivity index (χ0) is 23.5. The van der Waals surface area contributed by atoms with Gasteiger partial charge in [-0.1, -0.05) is 12.1 Å². The Morgan fingerprint density at radius 1 is 1.09 bits per heavy atom. The average Bonchev–Trinajstić information content (AvgIpc) is 2.77. The molecular weight excluding hydrogens is 448 g/mol. The highest BCUT2D eigenvalue weighted by Gasteiger charge is 2.34. The Hall–Kier alpha value is -3.25. The largest absolute Gasteiger partial charge is 0.465 e. The summed E-state index contributed by atoms with van der Waals surface area (Å²) in [5.74, 6) is -2.26. The number of anilines is 1. The van der Waals surface area contributed by atoms with E-state index in [0.717, 1.165) is 38.8 Å². The fourth-order valence-corrected chi connectivity index (χ4v) is 4.85. The molecule has 9 nitrogen and oxygen atoms in total. The van der Waals surface area contributed by atoms with Crippen LogP contribution in [-0.2, 0) is 21.5 Å². The predicted molar refractivity (Wildman–Crippen MR) is 110 cm³/mol. The molecule has 0 saturated carbocycles. The van der Waals surface area contributed by atoms with Crippen molar-refractivity contribution in [3.05, 3.63) is 65.2 Å². The summed E-state index contributed by atoms with van der Waals surface area (Å²) < 4.78 is 61.8. The van der Waals surface area contributed by atoms with Crippen LogP contribution in [0.3, 0.4) is 0 Å². The monoisotopic (exact) mass is 469 g/mol. The van der Waals surface area contributed by atoms with Gasteiger partial charge in [-0.05, 0) is 30.3 Å². The zero-order valence-corrected chi connectivity index (χ0v) is 17.9. The van der Waals surface area contributed by atoms with Crippen molar-refractivity contribution in [2.75, 3.05) is 37.6 Å². The normalized spacial score (nSPS) is 14.8. The van der Waals surface area contributed by atoms with Gasteiger partial charge in [-0.3, -0.25) is 4.31 Å². The van der Waals surface area contributed by atoms with Crippen molar-refractivity contribution in [2.45, 2.75) is 6.54 Å². The molecule has 172 valence electrons. The number of carboxylic acid groups (broad SMARTS) is 1. The van der Waals surface area contributed by atoms with E-state index in [-0.39, 0.29) is 43.0 Å². The van der Waals surface area contributed by atoms with Crippen LogP contribution in [0.2, 0.25) is 0 Å². The fourth-order valence-electron chi connectivity index (χ4n) is 3.26. The highest BCUT2D eigenvalue weighted by molar-refractivity contribution is 7.90. The predicted octanol–water partition coefficient (Wildman–Crippen LogP) is 2.30. The number of esters is 1. The number of ether oxygens (including phenoxy) is 1. The van der Waals surface area contributed by atoms with Gasteiger partial charge in [0.05, 0.1) is 24.9 Å². The maximum absolute atomic E-state index is 14.7. The number of carbonyl (C=O) groups excluding carboxylic acids is 1. The lowest BCUT2D eigenvalue weighted by molar-refractivity contribution is 0.0600. The number of benzene rings is 2. The second kappa shape index (κ2) is 9.49. The molecule has 12 heteroatoms. The van der Waals surface area contributed by atoms with E-state index in [9.17, 15) is 26.8 Å². The highest BCUT2D eigenvalue weighted by atomic mass is 32.2. The lowest BCUT2D eigenvalue weighted by Gasteiger charge is -2.36. The van der Waals surface area contributed by atoms with Crippen LogP contribution in [0.25, 0.3) is 0 Å². The molecule has 0 unspecified atom stereocenters. The molecule has 0 aromatic heterocycles. The number of hydrogen-bond acceptors (Lipinski definition) is 5. The van der Waals surface area contributed by atoms with E-state index in [1.54, 1.807) is 0 Å². The lowest BCUT2D eigenvalue weighted by Crippen LogP contribution is -2.54. The van der Waals surface area contributed by atoms with Gasteiger partial charge in [0, 0.05) is 31.7 Å². The summed E-state index contributed by atoms with van der Waals surface area (Å²) in [6.07, 6.45) is -1.16. The second-order valence-corrected chi connectivity index (χ2v) is 8.81. The third-order valence-corrected chi connectivity index (χ3v) is 6.91. The number of piperazine rings is 1. The van der Waals surface area contributed by atoms with Crippen molar-refractivity contribution in [3.8, 4) is 0 Å². The molecule has 32 heavy (non-hydrogen) atoms. The van der Waals surface area contributed by atoms with Crippen molar-refractivity contribution in [1.82, 2.24) is 9.21 Å². The molecule has 0 atom stereocenters. The Balaban J connectivity index is 1.95. The molecular formula is C20H21F2N3O6S. The number of methoxy groups -OCH3 is 1. The fraction of sp³-hybridized carbons (Fsp3) is 0.300. The number of rotatable bonds is 6. The minimum Gasteiger partial charge on any atom is -0.465 e. The van der Waals surface area contributed by atoms with E-state index in [1.165, 1.54) is 24.3 Å². The van der Waals surface area contributed by atoms with E-state index >= 15 is 0 Å². The third-order valence-electron chi connectivity index (χ3n) is 5.00. The molecule has 1 aliphatic heterocycles. The lowest BCUT2D eigenvalue weighted by atomic mass is 10.1. The van der Waals surface area contributed by atoms with Gasteiger partial charge >= 0.3 is 22.3 Å². The van der Waals surface area contributed by atoms with E-state index in [0.29, 0.717) is 0 Å². The van der Waals surface area contributed by atoms with Crippen molar-refractivity contribution in [2.24, 2.45) is 0 Å². The summed E-state index contributed by atoms with van der Waals surface area (Å²) in [6, 6.07) is 8.33. The van der Waals surface area contributed by atoms with Gasteiger partial charge in [-0.25, -0.2) is 18.4 Å². The Labute approximate surface area is 183 Å². The molecule has 3 rings (SSSR count). The van der Waals surface area contributed by atoms with Gasteiger partial charge in [0.1, 0.15) is 11.6 Å². The van der Waals surface area contributed by atoms with Crippen LogP contribution >= 0.6 is 0 Å². The van der Waals surface area contributed by atoms with Crippen LogP contribution in [0, 0.1) is 11.6 Å². The second-order valence-electron chi connectivity index (χ2n) is 6.96. The van der Waals surface area contributed by atoms with Crippen molar-refractivity contribution >= 4 is 28.0 Å². The van der Waals surface area contributed by atoms with E-state index in [2.05, 4.69) is 4.74 Å². The topological polar surface area (TPSA) is 107 Å². The molecule has 1 saturated heterocycles. The van der Waals surface area contributed by atoms with Crippen LogP contribution in [0.5, 0.6) is 0 Å². The van der Waals surface area contributed by atoms with Gasteiger partial charge in [0.25, 0.3) is 0 Å². The third kappa shape index (κ3) is 4.97. The molecule has 2 aromatic carbocycles. The van der Waals surface area contributed by atoms with Gasteiger partial charge in [-0.15, -0.1) is 0 Å². The van der Waals surface area contributed by atoms with Crippen molar-refractivity contribution in [1.29, 1.82) is 0 Å². The Kier molecular flexibility index (Phi) is 6.94. The Morgan fingerprint density at radius 3 is 2.34 bits per heavy atom. The molecule has 1 heterocycles. The molecule has 1 fully saturated rings. The first-order chi connectivity index (χ1) is 15.1. The summed E-state index contributed by atoms with van der Waals surface area (Å²) in [5, 5.41) is 9.08. The Bertz CT molecular complexity index is 1120. The van der Waals surface area contributed by atoms with Crippen LogP contribution in [-0.4, -0.2) is 68.1 Å². The first kappa shape index (κ1) is 23.4. The van der Waals surface area contributed by atoms with Crippen molar-refractivity contribution in [3.63, 3.8) is 0 Å². The van der Waals surface area contributed by atoms with Gasteiger partial charge in [0.15, 0.2) is 0 Å². The molecule has 0 bridgehead atoms. The van der Waals surface area contributed by atoms with Gasteiger partial charge in [-0.2, -0.15) is 12.7 Å². The maximum atomic E-state index is 14.7. The number of amides is 1. The first-order valence-electron chi connectivity index (χ1n) is 9.51. The standard InChI is InChI=1S/C20H21F2N3O6S/c1-31-19(26)14-5-6-15(18(22)11-14)13-25(17-4-2-3-16(21)12-17)32(29,30)24-9-7-23(8-10-24)20(27)28/h2-6,11-12H,7-10,13H2,1H3,(H,27,28). The SMILES string of the molecule is COC(=O)c1ccc(CN(c2cccc(F)c2)S(=O)(=O)N2CCN(C(=O)O)CC2)c(F)c1. The maximum Gasteiger partial charge on any atom is 0.407 e. The van der Waals surface area contributed by atoms with E-state index < -0.39 is 40.5 Å². The van der Waals surface area contributed by atoms with E-state index in [4.69, 9.17) is 5.11 Å². The highest BCUT2D eigenvalue weighted by Crippen LogP contribution is 2.26. The van der Waals surface area contributed by atoms with Crippen LogP contribution < -0.4 is 4.31 Å². The zero-order valence-electron chi connectivity index (χ0n) is 17.1. The quantitative estimate of drug-likeness (QED) is 0.651. The van der Waals surface area contributed by atoms with Crippen molar-refractivity contribution < 1.29 is 36.6 Å². The molecule has 1 amide bonds. The number of halogens is 2. The number of hydrogen-bond donors (Lipinski definition) is 1. The van der Waals surface area contributed by atoms with E-state index in [1.807, 2.05) is 0 Å². The number of carbonyl (C=O) groups is 2. The summed E-state index contributed by atoms with van der Waals surface area (Å²) in [7, 11) is -3.12. The smallest absolute Gasteiger partial charge is 0.407 e. The van der Waals surface area contributed by atoms with Crippen LogP contribution in [0.15, 0.2) is 42.5 Å². The van der Waals surface area contributed by atoms with Gasteiger partial charge in [0.2, 0.25) is 0 Å². The van der Waals surface area contributed by atoms with Crippen LogP contribution in [0.1, 0.15) is 15.9 Å². The molecule has 1 aliphatic rings. The summed E-state index contributed by atoms with van der Waals surface area (Å²) in [4.78, 5) is 23.8. The molecule has 0 aliphatic carbocycles. The average molecular weight is 469 g/mol. The molecule has 0 radical (unpaired) electrons. The minimum atomic E-state index is -4.27. The Morgan fingerprint density at radius 2 is 1.78 bits per heavy atom. The van der Waals surface area contributed by atoms with Gasteiger partial charge < -0.3 is 14.7 Å². The summed E-state index contributed by atoms with van der Waals surface area (Å²) in [6.45, 7) is -0.756. The first-order valence-corrected chi connectivity index (χ1v) is 10.9. The molecule has 2 aromatic rings.